The summed E-state index contributed by atoms with van der Waals surface area (Å²) in [7, 11) is 0. The molecule has 1 aromatic rings. The Balaban J connectivity index is 2.08. The Labute approximate surface area is 111 Å². The van der Waals surface area contributed by atoms with Crippen LogP contribution in [0.1, 0.15) is 20.8 Å². The van der Waals surface area contributed by atoms with E-state index in [1.54, 1.807) is 39.0 Å². The third kappa shape index (κ3) is 3.61. The molecule has 2 amide bonds. The van der Waals surface area contributed by atoms with Crippen molar-refractivity contribution >= 4 is 29.1 Å². The van der Waals surface area contributed by atoms with Gasteiger partial charge in [0, 0.05) is 5.69 Å². The summed E-state index contributed by atoms with van der Waals surface area (Å²) in [5.74, 6) is -0.109. The number of hydrogen-bond acceptors (Lipinski definition) is 4. The Morgan fingerprint density at radius 3 is 2.74 bits per heavy atom. The van der Waals surface area contributed by atoms with Gasteiger partial charge in [-0.25, -0.2) is 4.79 Å². The van der Waals surface area contributed by atoms with Crippen LogP contribution in [-0.4, -0.2) is 24.1 Å². The highest BCUT2D eigenvalue weighted by Gasteiger charge is 2.18. The Morgan fingerprint density at radius 2 is 2.05 bits per heavy atom. The van der Waals surface area contributed by atoms with E-state index in [0.29, 0.717) is 11.4 Å². The molecule has 19 heavy (non-hydrogen) atoms. The molecule has 6 heteroatoms. The minimum absolute atomic E-state index is 0.109. The molecule has 2 rings (SSSR count). The van der Waals surface area contributed by atoms with Gasteiger partial charge in [-0.1, -0.05) is 0 Å². The van der Waals surface area contributed by atoms with Crippen LogP contribution in [0.4, 0.5) is 21.9 Å². The van der Waals surface area contributed by atoms with Crippen LogP contribution in [0.2, 0.25) is 0 Å². The zero-order valence-corrected chi connectivity index (χ0v) is 11.2. The third-order valence-electron chi connectivity index (χ3n) is 2.38. The molecule has 1 aromatic carbocycles. The molecule has 0 aliphatic carbocycles. The first-order valence-electron chi connectivity index (χ1n) is 6.01. The van der Waals surface area contributed by atoms with Crippen LogP contribution in [-0.2, 0) is 9.53 Å². The van der Waals surface area contributed by atoms with Gasteiger partial charge in [-0.3, -0.25) is 10.1 Å². The van der Waals surface area contributed by atoms with E-state index in [2.05, 4.69) is 16.0 Å². The molecule has 1 aliphatic rings. The summed E-state index contributed by atoms with van der Waals surface area (Å²) in [6.07, 6.45) is -0.525. The van der Waals surface area contributed by atoms with Gasteiger partial charge in [0.1, 0.15) is 5.60 Å². The smallest absolute Gasteiger partial charge is 0.412 e. The third-order valence-corrected chi connectivity index (χ3v) is 2.38. The fourth-order valence-corrected chi connectivity index (χ4v) is 1.67. The number of fused-ring (bicyclic) bond motifs is 1. The van der Waals surface area contributed by atoms with Gasteiger partial charge in [-0.05, 0) is 39.0 Å². The van der Waals surface area contributed by atoms with Crippen LogP contribution >= 0.6 is 0 Å². The number of hydrogen-bond donors (Lipinski definition) is 3. The van der Waals surface area contributed by atoms with E-state index in [0.717, 1.165) is 5.69 Å². The molecule has 0 spiro atoms. The van der Waals surface area contributed by atoms with Gasteiger partial charge in [-0.2, -0.15) is 0 Å². The number of rotatable bonds is 1. The van der Waals surface area contributed by atoms with Gasteiger partial charge in [-0.15, -0.1) is 0 Å². The Kier molecular flexibility index (Phi) is 3.33. The topological polar surface area (TPSA) is 79.5 Å². The van der Waals surface area contributed by atoms with Crippen LogP contribution < -0.4 is 16.0 Å². The normalized spacial score (nSPS) is 13.9. The van der Waals surface area contributed by atoms with E-state index in [9.17, 15) is 9.59 Å². The lowest BCUT2D eigenvalue weighted by Gasteiger charge is -2.21. The maximum Gasteiger partial charge on any atom is 0.412 e. The lowest BCUT2D eigenvalue weighted by molar-refractivity contribution is -0.114. The molecule has 0 radical (unpaired) electrons. The second kappa shape index (κ2) is 4.79. The monoisotopic (exact) mass is 263 g/mol. The maximum atomic E-state index is 11.6. The number of nitrogens with one attached hydrogen (secondary N) is 3. The van der Waals surface area contributed by atoms with E-state index < -0.39 is 11.7 Å². The highest BCUT2D eigenvalue weighted by atomic mass is 16.6. The number of carbonyl (C=O) groups excluding carboxylic acids is 2. The van der Waals surface area contributed by atoms with E-state index in [1.165, 1.54) is 0 Å². The van der Waals surface area contributed by atoms with E-state index in [1.807, 2.05) is 0 Å². The van der Waals surface area contributed by atoms with Crippen molar-refractivity contribution in [2.75, 3.05) is 22.5 Å². The Bertz CT molecular complexity index is 520. The first kappa shape index (κ1) is 13.2. The summed E-state index contributed by atoms with van der Waals surface area (Å²) in [5.41, 5.74) is 1.49. The minimum atomic E-state index is -0.548. The van der Waals surface area contributed by atoms with Crippen molar-refractivity contribution in [3.8, 4) is 0 Å². The van der Waals surface area contributed by atoms with Crippen molar-refractivity contribution in [2.45, 2.75) is 26.4 Å². The van der Waals surface area contributed by atoms with Crippen LogP contribution in [0, 0.1) is 0 Å². The molecule has 0 saturated carbocycles. The highest BCUT2D eigenvalue weighted by Crippen LogP contribution is 2.28. The Hall–Kier alpha value is -2.24. The molecular weight excluding hydrogens is 246 g/mol. The Morgan fingerprint density at radius 1 is 1.32 bits per heavy atom. The average Bonchev–Trinajstić information content (AvgIpc) is 2.25. The SMILES string of the molecule is CC(C)(C)OC(=O)Nc1ccc2c(c1)NC(=O)CN2. The van der Waals surface area contributed by atoms with Crippen molar-refractivity contribution < 1.29 is 14.3 Å². The molecular formula is C13H17N3O3. The van der Waals surface area contributed by atoms with Gasteiger partial charge < -0.3 is 15.4 Å². The largest absolute Gasteiger partial charge is 0.444 e. The number of benzene rings is 1. The van der Waals surface area contributed by atoms with Crippen LogP contribution in [0.3, 0.4) is 0 Å². The maximum absolute atomic E-state index is 11.6. The van der Waals surface area contributed by atoms with E-state index >= 15 is 0 Å². The number of amides is 2. The molecule has 0 bridgehead atoms. The summed E-state index contributed by atoms with van der Waals surface area (Å²) in [6.45, 7) is 5.64. The van der Waals surface area contributed by atoms with E-state index in [-0.39, 0.29) is 12.5 Å². The summed E-state index contributed by atoms with van der Waals surface area (Å²) in [6, 6.07) is 5.22. The second-order valence-electron chi connectivity index (χ2n) is 5.29. The van der Waals surface area contributed by atoms with Crippen molar-refractivity contribution in [1.29, 1.82) is 0 Å². The summed E-state index contributed by atoms with van der Waals surface area (Å²) < 4.78 is 5.15. The van der Waals surface area contributed by atoms with Gasteiger partial charge in [0.15, 0.2) is 0 Å². The molecule has 0 fully saturated rings. The molecule has 0 atom stereocenters. The van der Waals surface area contributed by atoms with Gasteiger partial charge >= 0.3 is 6.09 Å². The standard InChI is InChI=1S/C13H17N3O3/c1-13(2,3)19-12(18)15-8-4-5-9-10(6-8)16-11(17)7-14-9/h4-6,14H,7H2,1-3H3,(H,15,18)(H,16,17). The van der Waals surface area contributed by atoms with Crippen molar-refractivity contribution in [3.05, 3.63) is 18.2 Å². The van der Waals surface area contributed by atoms with Crippen LogP contribution in [0.25, 0.3) is 0 Å². The average molecular weight is 263 g/mol. The van der Waals surface area contributed by atoms with Crippen molar-refractivity contribution in [2.24, 2.45) is 0 Å². The van der Waals surface area contributed by atoms with Gasteiger partial charge in [0.25, 0.3) is 0 Å². The summed E-state index contributed by atoms with van der Waals surface area (Å²) in [5, 5.41) is 8.33. The van der Waals surface area contributed by atoms with E-state index in [4.69, 9.17) is 4.74 Å². The first-order valence-corrected chi connectivity index (χ1v) is 6.01. The predicted octanol–water partition coefficient (Wildman–Crippen LogP) is 2.40. The molecule has 1 aliphatic heterocycles. The first-order chi connectivity index (χ1) is 8.83. The number of ether oxygens (including phenoxy) is 1. The zero-order valence-electron chi connectivity index (χ0n) is 11.2. The number of carbonyl (C=O) groups is 2. The molecule has 0 saturated heterocycles. The molecule has 3 N–H and O–H groups in total. The molecule has 6 nitrogen and oxygen atoms in total. The highest BCUT2D eigenvalue weighted by molar-refractivity contribution is 6.01. The zero-order chi connectivity index (χ0) is 14.0. The lowest BCUT2D eigenvalue weighted by Crippen LogP contribution is -2.28. The number of anilines is 3. The minimum Gasteiger partial charge on any atom is -0.444 e. The summed E-state index contributed by atoms with van der Waals surface area (Å²) >= 11 is 0. The quantitative estimate of drug-likeness (QED) is 0.727. The fourth-order valence-electron chi connectivity index (χ4n) is 1.67. The molecule has 0 unspecified atom stereocenters. The summed E-state index contributed by atoms with van der Waals surface area (Å²) in [4.78, 5) is 22.9. The van der Waals surface area contributed by atoms with Crippen LogP contribution in [0.15, 0.2) is 18.2 Å². The van der Waals surface area contributed by atoms with Gasteiger partial charge in [0.2, 0.25) is 5.91 Å². The molecule has 0 aromatic heterocycles. The fraction of sp³-hybridized carbons (Fsp3) is 0.385. The van der Waals surface area contributed by atoms with Gasteiger partial charge in [0.05, 0.1) is 17.9 Å². The lowest BCUT2D eigenvalue weighted by atomic mass is 10.2. The van der Waals surface area contributed by atoms with Crippen molar-refractivity contribution in [3.63, 3.8) is 0 Å². The molecule has 1 heterocycles. The molecule has 102 valence electrons. The second-order valence-corrected chi connectivity index (χ2v) is 5.29. The van der Waals surface area contributed by atoms with Crippen molar-refractivity contribution in [1.82, 2.24) is 0 Å². The predicted molar refractivity (Wildman–Crippen MR) is 73.4 cm³/mol. The van der Waals surface area contributed by atoms with Crippen LogP contribution in [0.5, 0.6) is 0 Å².